The Balaban J connectivity index is 1.58. The Kier molecular flexibility index (Phi) is 7.90. The Labute approximate surface area is 227 Å². The number of pyridine rings is 1. The molecule has 1 amide bonds. The number of nitrogens with zero attached hydrogens (tertiary/aromatic N) is 3. The molecule has 38 heavy (non-hydrogen) atoms. The number of halogens is 1. The highest BCUT2D eigenvalue weighted by molar-refractivity contribution is 8.26. The molecular weight excluding hydrogens is 525 g/mol. The van der Waals surface area contributed by atoms with Gasteiger partial charge in [0.05, 0.1) is 17.0 Å². The van der Waals surface area contributed by atoms with Crippen molar-refractivity contribution in [2.45, 2.75) is 26.8 Å². The van der Waals surface area contributed by atoms with Crippen LogP contribution >= 0.6 is 24.0 Å². The number of aryl methyl sites for hydroxylation is 1. The van der Waals surface area contributed by atoms with Gasteiger partial charge in [0.2, 0.25) is 5.88 Å². The van der Waals surface area contributed by atoms with Crippen LogP contribution in [0.3, 0.4) is 0 Å². The SMILES string of the molecule is Cc1ccc(Cn2c(O)c(C(=O)CCN3C(=O)/C(=C/c4ccc(F)cc4)SC3=S)c(C)c(C#N)c2=O)cc1. The van der Waals surface area contributed by atoms with Crippen molar-refractivity contribution in [1.82, 2.24) is 9.47 Å². The number of carbonyl (C=O) groups excluding carboxylic acids is 2. The average Bonchev–Trinajstić information content (AvgIpc) is 3.15. The van der Waals surface area contributed by atoms with E-state index in [9.17, 15) is 29.1 Å². The number of hydrogen-bond acceptors (Lipinski definition) is 7. The lowest BCUT2D eigenvalue weighted by atomic mass is 9.99. The molecule has 1 saturated heterocycles. The van der Waals surface area contributed by atoms with Crippen LogP contribution in [-0.4, -0.2) is 37.1 Å². The summed E-state index contributed by atoms with van der Waals surface area (Å²) in [5.74, 6) is -1.85. The van der Waals surface area contributed by atoms with Gasteiger partial charge in [-0.05, 0) is 48.7 Å². The van der Waals surface area contributed by atoms with E-state index < -0.39 is 23.0 Å². The van der Waals surface area contributed by atoms with Crippen molar-refractivity contribution in [3.05, 3.63) is 103 Å². The third-order valence-electron chi connectivity index (χ3n) is 6.14. The van der Waals surface area contributed by atoms with Gasteiger partial charge in [-0.2, -0.15) is 5.26 Å². The minimum atomic E-state index is -0.692. The zero-order valence-electron chi connectivity index (χ0n) is 20.5. The Hall–Kier alpha value is -4.07. The highest BCUT2D eigenvalue weighted by Gasteiger charge is 2.33. The summed E-state index contributed by atoms with van der Waals surface area (Å²) in [6.07, 6.45) is 1.40. The standard InChI is InChI=1S/C28H22FN3O4S2/c1-16-3-5-19(6-4-16)15-32-25(34)21(14-30)17(2)24(27(32)36)22(33)11-12-31-26(35)23(38-28(31)37)13-18-7-9-20(29)10-8-18/h3-10,13,36H,11-12,15H2,1-2H3/b23-13-. The minimum absolute atomic E-state index is 0.0247. The van der Waals surface area contributed by atoms with Gasteiger partial charge in [-0.15, -0.1) is 0 Å². The van der Waals surface area contributed by atoms with Crippen molar-refractivity contribution in [2.24, 2.45) is 0 Å². The molecule has 2 aromatic carbocycles. The molecule has 0 atom stereocenters. The molecule has 1 fully saturated rings. The van der Waals surface area contributed by atoms with Gasteiger partial charge in [-0.1, -0.05) is 65.9 Å². The van der Waals surface area contributed by atoms with Crippen LogP contribution < -0.4 is 5.56 Å². The molecule has 1 aromatic heterocycles. The molecule has 4 rings (SSSR count). The number of thioether (sulfide) groups is 1. The Bertz CT molecular complexity index is 1590. The van der Waals surface area contributed by atoms with E-state index in [0.29, 0.717) is 16.0 Å². The van der Waals surface area contributed by atoms with Crippen LogP contribution in [0.2, 0.25) is 0 Å². The van der Waals surface area contributed by atoms with Crippen molar-refractivity contribution in [1.29, 1.82) is 5.26 Å². The first-order valence-corrected chi connectivity index (χ1v) is 12.8. The van der Waals surface area contributed by atoms with Crippen LogP contribution in [0.5, 0.6) is 5.88 Å². The third-order valence-corrected chi connectivity index (χ3v) is 7.52. The molecule has 0 radical (unpaired) electrons. The predicted molar refractivity (Wildman–Crippen MR) is 147 cm³/mol. The normalized spacial score (nSPS) is 14.3. The first-order chi connectivity index (χ1) is 18.1. The Morgan fingerprint density at radius 2 is 1.79 bits per heavy atom. The number of aromatic nitrogens is 1. The fourth-order valence-corrected chi connectivity index (χ4v) is 5.36. The Morgan fingerprint density at radius 3 is 2.42 bits per heavy atom. The molecule has 7 nitrogen and oxygen atoms in total. The lowest BCUT2D eigenvalue weighted by Gasteiger charge is -2.17. The number of Topliss-reactive ketones (excluding diaryl/α,β-unsaturated/α-hetero) is 1. The molecule has 1 aliphatic rings. The monoisotopic (exact) mass is 547 g/mol. The van der Waals surface area contributed by atoms with Crippen molar-refractivity contribution >= 4 is 46.1 Å². The average molecular weight is 548 g/mol. The van der Waals surface area contributed by atoms with Crippen LogP contribution in [0.4, 0.5) is 4.39 Å². The number of nitriles is 1. The second kappa shape index (κ2) is 11.1. The molecule has 10 heteroatoms. The zero-order valence-corrected chi connectivity index (χ0v) is 22.2. The number of carbonyl (C=O) groups is 2. The smallest absolute Gasteiger partial charge is 0.271 e. The fourth-order valence-electron chi connectivity index (χ4n) is 4.05. The second-order valence-electron chi connectivity index (χ2n) is 8.75. The van der Waals surface area contributed by atoms with Crippen LogP contribution in [0.15, 0.2) is 58.2 Å². The molecule has 3 aromatic rings. The molecule has 0 unspecified atom stereocenters. The van der Waals surface area contributed by atoms with E-state index in [1.54, 1.807) is 18.2 Å². The topological polar surface area (TPSA) is 103 Å². The van der Waals surface area contributed by atoms with Gasteiger partial charge in [0, 0.05) is 13.0 Å². The molecular formula is C28H22FN3O4S2. The molecule has 2 heterocycles. The van der Waals surface area contributed by atoms with E-state index in [0.717, 1.165) is 21.9 Å². The van der Waals surface area contributed by atoms with Crippen molar-refractivity contribution in [2.75, 3.05) is 6.54 Å². The van der Waals surface area contributed by atoms with Crippen LogP contribution in [0.1, 0.15) is 44.6 Å². The first kappa shape index (κ1) is 27.0. The van der Waals surface area contributed by atoms with E-state index in [-0.39, 0.29) is 46.4 Å². The van der Waals surface area contributed by atoms with Gasteiger partial charge < -0.3 is 5.11 Å². The summed E-state index contributed by atoms with van der Waals surface area (Å²) in [7, 11) is 0. The third kappa shape index (κ3) is 5.44. The van der Waals surface area contributed by atoms with Gasteiger partial charge in [-0.25, -0.2) is 4.39 Å². The quantitative estimate of drug-likeness (QED) is 0.260. The van der Waals surface area contributed by atoms with Crippen LogP contribution in [0.25, 0.3) is 6.08 Å². The Morgan fingerprint density at radius 1 is 1.13 bits per heavy atom. The number of thiocarbonyl (C=S) groups is 1. The van der Waals surface area contributed by atoms with Crippen LogP contribution in [-0.2, 0) is 11.3 Å². The largest absolute Gasteiger partial charge is 0.494 e. The van der Waals surface area contributed by atoms with Crippen molar-refractivity contribution in [3.8, 4) is 11.9 Å². The second-order valence-corrected chi connectivity index (χ2v) is 10.4. The van der Waals surface area contributed by atoms with Gasteiger partial charge in [-0.3, -0.25) is 23.9 Å². The van der Waals surface area contributed by atoms with Crippen LogP contribution in [0, 0.1) is 31.0 Å². The van der Waals surface area contributed by atoms with Gasteiger partial charge in [0.15, 0.2) is 5.78 Å². The van der Waals surface area contributed by atoms with E-state index in [1.165, 1.54) is 36.1 Å². The van der Waals surface area contributed by atoms with Gasteiger partial charge in [0.25, 0.3) is 11.5 Å². The summed E-state index contributed by atoms with van der Waals surface area (Å²) in [6.45, 7) is 3.28. The summed E-state index contributed by atoms with van der Waals surface area (Å²) in [5.41, 5.74) is 1.38. The maximum absolute atomic E-state index is 13.3. The highest BCUT2D eigenvalue weighted by Crippen LogP contribution is 2.33. The number of hydrogen-bond donors (Lipinski definition) is 1. The lowest BCUT2D eigenvalue weighted by Crippen LogP contribution is -2.31. The molecule has 1 N–H and O–H groups in total. The number of rotatable bonds is 7. The van der Waals surface area contributed by atoms with E-state index in [4.69, 9.17) is 12.2 Å². The maximum Gasteiger partial charge on any atom is 0.271 e. The summed E-state index contributed by atoms with van der Waals surface area (Å²) in [6, 6.07) is 14.8. The van der Waals surface area contributed by atoms with E-state index >= 15 is 0 Å². The number of aromatic hydroxyl groups is 1. The van der Waals surface area contributed by atoms with Crippen molar-refractivity contribution < 1.29 is 19.1 Å². The molecule has 0 saturated carbocycles. The summed E-state index contributed by atoms with van der Waals surface area (Å²) in [5, 5.41) is 20.6. The minimum Gasteiger partial charge on any atom is -0.494 e. The first-order valence-electron chi connectivity index (χ1n) is 11.6. The zero-order chi connectivity index (χ0) is 27.6. The highest BCUT2D eigenvalue weighted by atomic mass is 32.2. The van der Waals surface area contributed by atoms with E-state index in [1.807, 2.05) is 25.1 Å². The lowest BCUT2D eigenvalue weighted by molar-refractivity contribution is -0.122. The number of amides is 1. The van der Waals surface area contributed by atoms with E-state index in [2.05, 4.69) is 0 Å². The predicted octanol–water partition coefficient (Wildman–Crippen LogP) is 4.70. The summed E-state index contributed by atoms with van der Waals surface area (Å²) < 4.78 is 14.5. The molecule has 192 valence electrons. The molecule has 0 spiro atoms. The molecule has 0 bridgehead atoms. The van der Waals surface area contributed by atoms with Crippen molar-refractivity contribution in [3.63, 3.8) is 0 Å². The number of benzene rings is 2. The number of ketones is 1. The molecule has 1 aliphatic heterocycles. The maximum atomic E-state index is 13.3. The van der Waals surface area contributed by atoms with Gasteiger partial charge >= 0.3 is 0 Å². The molecule has 0 aliphatic carbocycles. The summed E-state index contributed by atoms with van der Waals surface area (Å²) in [4.78, 5) is 40.7. The van der Waals surface area contributed by atoms with Gasteiger partial charge in [0.1, 0.15) is 21.8 Å². The summed E-state index contributed by atoms with van der Waals surface area (Å²) >= 11 is 6.40. The fraction of sp³-hybridized carbons (Fsp3) is 0.179.